The van der Waals surface area contributed by atoms with Gasteiger partial charge in [0.1, 0.15) is 10.0 Å². The van der Waals surface area contributed by atoms with E-state index in [1.165, 1.54) is 16.0 Å². The molecule has 3 aromatic rings. The third-order valence-corrected chi connectivity index (χ3v) is 6.49. The molecule has 1 N–H and O–H groups in total. The Hall–Kier alpha value is -2.82. The summed E-state index contributed by atoms with van der Waals surface area (Å²) in [4.78, 5) is 29.3. The highest BCUT2D eigenvalue weighted by atomic mass is 35.5. The number of rotatable bonds is 7. The number of aromatic nitrogens is 4. The van der Waals surface area contributed by atoms with Gasteiger partial charge in [0.2, 0.25) is 11.0 Å². The van der Waals surface area contributed by atoms with Crippen LogP contribution in [0.15, 0.2) is 41.3 Å². The summed E-state index contributed by atoms with van der Waals surface area (Å²) < 4.78 is 1.30. The number of amides is 1. The van der Waals surface area contributed by atoms with Gasteiger partial charge < -0.3 is 4.90 Å². The monoisotopic (exact) mass is 487 g/mol. The summed E-state index contributed by atoms with van der Waals surface area (Å²) in [5.74, 6) is 0.383. The molecule has 0 spiro atoms. The van der Waals surface area contributed by atoms with Gasteiger partial charge in [0.25, 0.3) is 5.56 Å². The van der Waals surface area contributed by atoms with E-state index in [0.717, 1.165) is 11.4 Å². The van der Waals surface area contributed by atoms with Gasteiger partial charge in [-0.1, -0.05) is 55.0 Å². The maximum Gasteiger partial charge on any atom is 0.292 e. The van der Waals surface area contributed by atoms with Crippen LogP contribution in [0.4, 0.5) is 10.8 Å². The number of benzene rings is 1. The van der Waals surface area contributed by atoms with Crippen molar-refractivity contribution in [3.8, 4) is 5.69 Å². The van der Waals surface area contributed by atoms with Gasteiger partial charge in [0, 0.05) is 32.6 Å². The zero-order chi connectivity index (χ0) is 23.4. The molecular formula is C22H26ClN7O2S. The molecule has 3 heterocycles. The number of halogens is 1. The Bertz CT molecular complexity index is 1160. The fraction of sp³-hybridized carbons (Fsp3) is 0.409. The third-order valence-electron chi connectivity index (χ3n) is 5.28. The maximum absolute atomic E-state index is 12.7. The Morgan fingerprint density at radius 1 is 1.15 bits per heavy atom. The van der Waals surface area contributed by atoms with Gasteiger partial charge in [0.15, 0.2) is 0 Å². The largest absolute Gasteiger partial charge is 0.366 e. The van der Waals surface area contributed by atoms with Crippen molar-refractivity contribution in [3.63, 3.8) is 0 Å². The van der Waals surface area contributed by atoms with Crippen LogP contribution in [0.2, 0.25) is 5.02 Å². The zero-order valence-corrected chi connectivity index (χ0v) is 20.1. The molecule has 11 heteroatoms. The lowest BCUT2D eigenvalue weighted by atomic mass is 10.1. The van der Waals surface area contributed by atoms with E-state index >= 15 is 0 Å². The summed E-state index contributed by atoms with van der Waals surface area (Å²) in [6.07, 6.45) is 2.48. The minimum absolute atomic E-state index is 0.110. The Morgan fingerprint density at radius 3 is 2.58 bits per heavy atom. The van der Waals surface area contributed by atoms with Crippen LogP contribution in [0.25, 0.3) is 5.69 Å². The van der Waals surface area contributed by atoms with E-state index in [9.17, 15) is 9.59 Å². The molecule has 0 bridgehead atoms. The second-order valence-electron chi connectivity index (χ2n) is 8.31. The number of hydrogen-bond donors (Lipinski definition) is 1. The van der Waals surface area contributed by atoms with Crippen LogP contribution in [-0.4, -0.2) is 63.5 Å². The topological polar surface area (TPSA) is 96.2 Å². The van der Waals surface area contributed by atoms with Crippen molar-refractivity contribution in [2.45, 2.75) is 20.3 Å². The van der Waals surface area contributed by atoms with Gasteiger partial charge in [-0.05, 0) is 18.1 Å². The van der Waals surface area contributed by atoms with Crippen molar-refractivity contribution in [1.29, 1.82) is 0 Å². The lowest BCUT2D eigenvalue weighted by Crippen LogP contribution is -2.49. The molecule has 1 amide bonds. The number of nitrogens with zero attached hydrogens (tertiary/aromatic N) is 6. The number of carbonyl (C=O) groups is 1. The average Bonchev–Trinajstić information content (AvgIpc) is 3.22. The van der Waals surface area contributed by atoms with Crippen molar-refractivity contribution in [1.82, 2.24) is 24.9 Å². The van der Waals surface area contributed by atoms with E-state index in [-0.39, 0.29) is 23.0 Å². The number of carbonyl (C=O) groups excluding carboxylic acids is 1. The van der Waals surface area contributed by atoms with E-state index in [2.05, 4.69) is 39.4 Å². The predicted molar refractivity (Wildman–Crippen MR) is 131 cm³/mol. The van der Waals surface area contributed by atoms with Gasteiger partial charge >= 0.3 is 0 Å². The minimum atomic E-state index is -0.351. The molecule has 1 aliphatic rings. The SMILES string of the molecule is CC(C)Cc1nnc(NC(=O)CN2CCN(c3cnn(-c4ccccc4)c(=O)c3Cl)CC2)s1. The maximum atomic E-state index is 12.7. The van der Waals surface area contributed by atoms with Gasteiger partial charge in [-0.25, -0.2) is 0 Å². The molecule has 1 aromatic carbocycles. The van der Waals surface area contributed by atoms with Crippen molar-refractivity contribution < 1.29 is 4.79 Å². The molecular weight excluding hydrogens is 462 g/mol. The molecule has 33 heavy (non-hydrogen) atoms. The molecule has 1 saturated heterocycles. The van der Waals surface area contributed by atoms with Crippen molar-refractivity contribution in [2.75, 3.05) is 42.9 Å². The molecule has 0 atom stereocenters. The first kappa shape index (κ1) is 23.3. The van der Waals surface area contributed by atoms with Gasteiger partial charge in [-0.3, -0.25) is 19.8 Å². The fourth-order valence-corrected chi connectivity index (χ4v) is 4.86. The number of para-hydroxylation sites is 1. The number of anilines is 2. The number of hydrogen-bond acceptors (Lipinski definition) is 8. The van der Waals surface area contributed by atoms with Gasteiger partial charge in [0.05, 0.1) is 24.1 Å². The summed E-state index contributed by atoms with van der Waals surface area (Å²) in [6.45, 7) is 7.13. The normalized spacial score (nSPS) is 14.6. The van der Waals surface area contributed by atoms with Crippen LogP contribution < -0.4 is 15.8 Å². The summed E-state index contributed by atoms with van der Waals surface area (Å²) in [7, 11) is 0. The molecule has 1 aliphatic heterocycles. The van der Waals surface area contributed by atoms with Gasteiger partial charge in [-0.2, -0.15) is 9.78 Å². The highest BCUT2D eigenvalue weighted by Gasteiger charge is 2.23. The first-order valence-electron chi connectivity index (χ1n) is 10.8. The summed E-state index contributed by atoms with van der Waals surface area (Å²) in [6, 6.07) is 9.18. The predicted octanol–water partition coefficient (Wildman–Crippen LogP) is 2.70. The molecule has 4 rings (SSSR count). The molecule has 0 aliphatic carbocycles. The Morgan fingerprint density at radius 2 is 1.88 bits per heavy atom. The fourth-order valence-electron chi connectivity index (χ4n) is 3.64. The van der Waals surface area contributed by atoms with Crippen LogP contribution in [0.1, 0.15) is 18.9 Å². The Balaban J connectivity index is 1.32. The molecule has 0 saturated carbocycles. The van der Waals surface area contributed by atoms with Crippen molar-refractivity contribution in [3.05, 3.63) is 56.9 Å². The molecule has 9 nitrogen and oxygen atoms in total. The smallest absolute Gasteiger partial charge is 0.292 e. The first-order chi connectivity index (χ1) is 15.9. The minimum Gasteiger partial charge on any atom is -0.366 e. The molecule has 2 aromatic heterocycles. The Labute approximate surface area is 201 Å². The zero-order valence-electron chi connectivity index (χ0n) is 18.6. The van der Waals surface area contributed by atoms with Gasteiger partial charge in [-0.15, -0.1) is 10.2 Å². The average molecular weight is 488 g/mol. The van der Waals surface area contributed by atoms with Crippen LogP contribution in [0.3, 0.4) is 0 Å². The van der Waals surface area contributed by atoms with Crippen LogP contribution in [0.5, 0.6) is 0 Å². The molecule has 174 valence electrons. The third kappa shape index (κ3) is 5.76. The van der Waals surface area contributed by atoms with Crippen molar-refractivity contribution in [2.24, 2.45) is 5.92 Å². The quantitative estimate of drug-likeness (QED) is 0.547. The lowest BCUT2D eigenvalue weighted by Gasteiger charge is -2.35. The second kappa shape index (κ2) is 10.4. The summed E-state index contributed by atoms with van der Waals surface area (Å²) in [5, 5.41) is 16.9. The van der Waals surface area contributed by atoms with E-state index in [1.54, 1.807) is 18.3 Å². The van der Waals surface area contributed by atoms with E-state index < -0.39 is 0 Å². The van der Waals surface area contributed by atoms with Crippen LogP contribution in [0, 0.1) is 5.92 Å². The van der Waals surface area contributed by atoms with Crippen LogP contribution in [-0.2, 0) is 11.2 Å². The van der Waals surface area contributed by atoms with E-state index in [0.29, 0.717) is 48.6 Å². The van der Waals surface area contributed by atoms with E-state index in [1.807, 2.05) is 23.1 Å². The molecule has 1 fully saturated rings. The van der Waals surface area contributed by atoms with Crippen LogP contribution >= 0.6 is 22.9 Å². The Kier molecular flexibility index (Phi) is 7.36. The van der Waals surface area contributed by atoms with E-state index in [4.69, 9.17) is 11.6 Å². The second-order valence-corrected chi connectivity index (χ2v) is 9.75. The highest BCUT2D eigenvalue weighted by molar-refractivity contribution is 7.15. The number of piperazine rings is 1. The standard InChI is InChI=1S/C22H26ClN7O2S/c1-15(2)12-19-26-27-22(33-19)25-18(31)14-28-8-10-29(11-9-28)17-13-24-30(21(32)20(17)23)16-6-4-3-5-7-16/h3-7,13,15H,8-12,14H2,1-2H3,(H,25,27,31). The molecule has 0 radical (unpaired) electrons. The number of nitrogens with one attached hydrogen (secondary N) is 1. The summed E-state index contributed by atoms with van der Waals surface area (Å²) in [5.41, 5.74) is 0.930. The summed E-state index contributed by atoms with van der Waals surface area (Å²) >= 11 is 7.84. The lowest BCUT2D eigenvalue weighted by molar-refractivity contribution is -0.117. The molecule has 0 unspecified atom stereocenters. The highest BCUT2D eigenvalue weighted by Crippen LogP contribution is 2.23. The first-order valence-corrected chi connectivity index (χ1v) is 12.0. The van der Waals surface area contributed by atoms with Crippen molar-refractivity contribution >= 4 is 39.7 Å².